The third-order valence-corrected chi connectivity index (χ3v) is 7.04. The number of anilines is 2. The van der Waals surface area contributed by atoms with Crippen LogP contribution in [0.4, 0.5) is 29.5 Å². The highest BCUT2D eigenvalue weighted by Gasteiger charge is 2.36. The molecule has 0 spiro atoms. The Morgan fingerprint density at radius 3 is 2.63 bits per heavy atom. The van der Waals surface area contributed by atoms with E-state index < -0.39 is 18.5 Å². The van der Waals surface area contributed by atoms with Crippen molar-refractivity contribution in [1.29, 1.82) is 0 Å². The van der Waals surface area contributed by atoms with Crippen LogP contribution in [0.25, 0.3) is 22.4 Å². The topological polar surface area (TPSA) is 75.5 Å². The van der Waals surface area contributed by atoms with Crippen LogP contribution in [-0.2, 0) is 11.8 Å². The van der Waals surface area contributed by atoms with Gasteiger partial charge in [0.25, 0.3) is 0 Å². The number of rotatable bonds is 5. The second kappa shape index (κ2) is 10.6. The molecule has 3 aromatic rings. The summed E-state index contributed by atoms with van der Waals surface area (Å²) in [7, 11) is 1.86. The molecule has 0 radical (unpaired) electrons. The number of amides is 2. The first kappa shape index (κ1) is 26.0. The maximum Gasteiger partial charge on any atom is 0.389 e. The van der Waals surface area contributed by atoms with Crippen molar-refractivity contribution in [3.63, 3.8) is 0 Å². The van der Waals surface area contributed by atoms with E-state index in [0.29, 0.717) is 31.9 Å². The molecule has 1 atom stereocenters. The molecule has 2 aromatic heterocycles. The molecule has 2 aliphatic heterocycles. The van der Waals surface area contributed by atoms with E-state index in [0.717, 1.165) is 46.9 Å². The van der Waals surface area contributed by atoms with Crippen molar-refractivity contribution in [1.82, 2.24) is 19.7 Å². The second-order valence-corrected chi connectivity index (χ2v) is 9.98. The van der Waals surface area contributed by atoms with Crippen LogP contribution < -0.4 is 10.2 Å². The zero-order chi connectivity index (χ0) is 26.9. The van der Waals surface area contributed by atoms with Gasteiger partial charge in [-0.25, -0.2) is 9.78 Å². The number of aryl methyl sites for hydroxylation is 2. The van der Waals surface area contributed by atoms with Crippen molar-refractivity contribution < 1.29 is 22.7 Å². The Balaban J connectivity index is 1.41. The molecule has 2 fully saturated rings. The van der Waals surface area contributed by atoms with E-state index in [4.69, 9.17) is 9.72 Å². The van der Waals surface area contributed by atoms with Crippen LogP contribution in [0.3, 0.4) is 0 Å². The summed E-state index contributed by atoms with van der Waals surface area (Å²) < 4.78 is 45.6. The number of alkyl halides is 3. The van der Waals surface area contributed by atoms with Gasteiger partial charge in [0.1, 0.15) is 5.82 Å². The van der Waals surface area contributed by atoms with Crippen LogP contribution in [0.1, 0.15) is 18.4 Å². The fourth-order valence-corrected chi connectivity index (χ4v) is 5.05. The molecular formula is C27H31F3N6O2. The molecule has 2 aliphatic rings. The Hall–Kier alpha value is -3.60. The van der Waals surface area contributed by atoms with E-state index in [-0.39, 0.29) is 12.6 Å². The predicted octanol–water partition coefficient (Wildman–Crippen LogP) is 5.10. The van der Waals surface area contributed by atoms with Crippen molar-refractivity contribution in [2.75, 3.05) is 49.6 Å². The zero-order valence-electron chi connectivity index (χ0n) is 21.5. The first-order valence-electron chi connectivity index (χ1n) is 12.7. The number of carbonyl (C=O) groups is 1. The van der Waals surface area contributed by atoms with Crippen LogP contribution in [0, 0.1) is 12.8 Å². The van der Waals surface area contributed by atoms with Gasteiger partial charge in [-0.15, -0.1) is 0 Å². The second-order valence-electron chi connectivity index (χ2n) is 9.98. The highest BCUT2D eigenvalue weighted by atomic mass is 19.4. The number of nitrogens with zero attached hydrogens (tertiary/aromatic N) is 5. The highest BCUT2D eigenvalue weighted by molar-refractivity contribution is 5.91. The van der Waals surface area contributed by atoms with Crippen LogP contribution >= 0.6 is 0 Å². The van der Waals surface area contributed by atoms with Crippen molar-refractivity contribution in [2.24, 2.45) is 13.0 Å². The molecule has 2 saturated heterocycles. The highest BCUT2D eigenvalue weighted by Crippen LogP contribution is 2.34. The van der Waals surface area contributed by atoms with E-state index in [1.54, 1.807) is 10.9 Å². The summed E-state index contributed by atoms with van der Waals surface area (Å²) >= 11 is 0. The average Bonchev–Trinajstić information content (AvgIpc) is 3.53. The average molecular weight is 529 g/mol. The van der Waals surface area contributed by atoms with E-state index in [1.165, 1.54) is 4.90 Å². The number of carbonyl (C=O) groups excluding carboxylic acids is 1. The molecular weight excluding hydrogens is 497 g/mol. The lowest BCUT2D eigenvalue weighted by atomic mass is 9.98. The molecule has 38 heavy (non-hydrogen) atoms. The Kier molecular flexibility index (Phi) is 7.29. The van der Waals surface area contributed by atoms with Crippen molar-refractivity contribution in [3.8, 4) is 22.4 Å². The number of hydrogen-bond donors (Lipinski definition) is 1. The number of urea groups is 1. The van der Waals surface area contributed by atoms with Gasteiger partial charge in [0.05, 0.1) is 25.1 Å². The molecule has 1 aromatic carbocycles. The third-order valence-electron chi connectivity index (χ3n) is 7.04. The summed E-state index contributed by atoms with van der Waals surface area (Å²) in [6.07, 6.45) is -1.04. The van der Waals surface area contributed by atoms with Gasteiger partial charge in [0.2, 0.25) is 0 Å². The summed E-state index contributed by atoms with van der Waals surface area (Å²) in [4.78, 5) is 21.4. The quantitative estimate of drug-likeness (QED) is 0.499. The number of halogens is 3. The normalized spacial score (nSPS) is 18.2. The minimum Gasteiger partial charge on any atom is -0.378 e. The van der Waals surface area contributed by atoms with Gasteiger partial charge in [0, 0.05) is 57.1 Å². The van der Waals surface area contributed by atoms with Crippen LogP contribution in [-0.4, -0.2) is 71.3 Å². The van der Waals surface area contributed by atoms with Crippen molar-refractivity contribution in [2.45, 2.75) is 25.9 Å². The van der Waals surface area contributed by atoms with E-state index in [9.17, 15) is 18.0 Å². The van der Waals surface area contributed by atoms with E-state index in [1.807, 2.05) is 50.5 Å². The molecule has 0 bridgehead atoms. The molecule has 1 N–H and O–H groups in total. The third kappa shape index (κ3) is 6.09. The molecule has 5 rings (SSSR count). The predicted molar refractivity (Wildman–Crippen MR) is 139 cm³/mol. The first-order chi connectivity index (χ1) is 18.1. The fraction of sp³-hybridized carbons (Fsp3) is 0.444. The maximum atomic E-state index is 12.9. The number of nitrogens with one attached hydrogen (secondary N) is 1. The number of aromatic nitrogens is 3. The Labute approximate surface area is 219 Å². The van der Waals surface area contributed by atoms with Gasteiger partial charge in [0.15, 0.2) is 0 Å². The Morgan fingerprint density at radius 2 is 1.92 bits per heavy atom. The smallest absolute Gasteiger partial charge is 0.378 e. The minimum atomic E-state index is -4.22. The monoisotopic (exact) mass is 528 g/mol. The van der Waals surface area contributed by atoms with Gasteiger partial charge in [-0.1, -0.05) is 6.07 Å². The minimum absolute atomic E-state index is 0.103. The van der Waals surface area contributed by atoms with E-state index >= 15 is 0 Å². The number of likely N-dealkylation sites (tertiary alicyclic amines) is 1. The largest absolute Gasteiger partial charge is 0.389 e. The van der Waals surface area contributed by atoms with Crippen LogP contribution in [0.15, 0.2) is 42.7 Å². The lowest BCUT2D eigenvalue weighted by Gasteiger charge is -2.28. The molecule has 0 saturated carbocycles. The molecule has 0 aliphatic carbocycles. The molecule has 4 heterocycles. The van der Waals surface area contributed by atoms with Crippen LogP contribution in [0.5, 0.6) is 0 Å². The van der Waals surface area contributed by atoms with Gasteiger partial charge in [-0.2, -0.15) is 18.3 Å². The number of hydrogen-bond acceptors (Lipinski definition) is 5. The van der Waals surface area contributed by atoms with Gasteiger partial charge in [-0.05, 0) is 60.2 Å². The fourth-order valence-electron chi connectivity index (χ4n) is 5.05. The van der Waals surface area contributed by atoms with Crippen molar-refractivity contribution in [3.05, 3.63) is 48.3 Å². The summed E-state index contributed by atoms with van der Waals surface area (Å²) in [5.74, 6) is 0.280. The maximum absolute atomic E-state index is 12.9. The summed E-state index contributed by atoms with van der Waals surface area (Å²) in [5.41, 5.74) is 5.17. The molecule has 8 nitrogen and oxygen atoms in total. The zero-order valence-corrected chi connectivity index (χ0v) is 21.5. The SMILES string of the molecule is Cc1ccc(NC(=O)N2CCC(CC(F)(F)F)C2)cc1-c1cc(-c2cnn(C)c2)nc(N2CCOCC2)c1. The number of morpholine rings is 1. The standard InChI is InChI=1S/C27H31F3N6O2/c1-18-3-4-22(32-26(37)36-6-5-19(16-36)14-27(28,29)30)13-23(18)20-11-24(21-15-31-34(2)17-21)33-25(12-20)35-7-9-38-10-8-35/h3-4,11-13,15,17,19H,5-10,14,16H2,1-2H3,(H,32,37). The van der Waals surface area contributed by atoms with Crippen LogP contribution in [0.2, 0.25) is 0 Å². The molecule has 202 valence electrons. The summed E-state index contributed by atoms with van der Waals surface area (Å²) in [6, 6.07) is 9.32. The number of ether oxygens (including phenoxy) is 1. The van der Waals surface area contributed by atoms with Gasteiger partial charge >= 0.3 is 12.2 Å². The molecule has 11 heteroatoms. The van der Waals surface area contributed by atoms with Gasteiger partial charge in [-0.3, -0.25) is 4.68 Å². The first-order valence-corrected chi connectivity index (χ1v) is 12.7. The Morgan fingerprint density at radius 1 is 1.13 bits per heavy atom. The van der Waals surface area contributed by atoms with Crippen molar-refractivity contribution >= 4 is 17.5 Å². The lowest BCUT2D eigenvalue weighted by Crippen LogP contribution is -2.36. The van der Waals surface area contributed by atoms with E-state index in [2.05, 4.69) is 15.3 Å². The molecule has 2 amide bonds. The Bertz CT molecular complexity index is 1300. The molecule has 1 unspecified atom stereocenters. The number of pyridine rings is 1. The lowest BCUT2D eigenvalue weighted by molar-refractivity contribution is -0.143. The number of benzene rings is 1. The van der Waals surface area contributed by atoms with Gasteiger partial charge < -0.3 is 19.9 Å². The summed E-state index contributed by atoms with van der Waals surface area (Å²) in [6.45, 7) is 5.16. The summed E-state index contributed by atoms with van der Waals surface area (Å²) in [5, 5.41) is 7.18.